The van der Waals surface area contributed by atoms with Crippen LogP contribution in [-0.2, 0) is 0 Å². The van der Waals surface area contributed by atoms with Gasteiger partial charge in [0.25, 0.3) is 5.91 Å². The van der Waals surface area contributed by atoms with Crippen LogP contribution < -0.4 is 15.7 Å². The number of methoxy groups -OCH3 is 1. The molecule has 0 aliphatic carbocycles. The molecule has 0 saturated heterocycles. The maximum atomic E-state index is 12.4. The van der Waals surface area contributed by atoms with Crippen molar-refractivity contribution in [2.75, 3.05) is 12.4 Å². The Morgan fingerprint density at radius 3 is 2.44 bits per heavy atom. The highest BCUT2D eigenvalue weighted by Crippen LogP contribution is 2.30. The summed E-state index contributed by atoms with van der Waals surface area (Å²) in [7, 11) is 1.46. The van der Waals surface area contributed by atoms with Crippen LogP contribution in [0.4, 0.5) is 5.69 Å². The number of anilines is 1. The van der Waals surface area contributed by atoms with Crippen molar-refractivity contribution < 1.29 is 13.9 Å². The molecule has 0 saturated carbocycles. The molecule has 128 valence electrons. The van der Waals surface area contributed by atoms with Gasteiger partial charge in [-0.2, -0.15) is 0 Å². The second-order valence-electron chi connectivity index (χ2n) is 5.09. The van der Waals surface area contributed by atoms with E-state index in [0.29, 0.717) is 26.9 Å². The number of carbonyl (C=O) groups is 1. The molecule has 3 rings (SSSR count). The van der Waals surface area contributed by atoms with E-state index in [1.165, 1.54) is 31.4 Å². The van der Waals surface area contributed by atoms with Gasteiger partial charge >= 0.3 is 5.63 Å². The SMILES string of the molecule is COc1cc(Br)cc2cc(C(=O)Nc3cc(Cl)cc(Cl)c3)c(=O)oc12. The van der Waals surface area contributed by atoms with Gasteiger partial charge in [0.05, 0.1) is 7.11 Å². The minimum absolute atomic E-state index is 0.149. The summed E-state index contributed by atoms with van der Waals surface area (Å²) < 4.78 is 11.2. The third kappa shape index (κ3) is 3.81. The lowest BCUT2D eigenvalue weighted by atomic mass is 10.1. The third-order valence-corrected chi connectivity index (χ3v) is 4.24. The molecule has 2 aromatic carbocycles. The zero-order chi connectivity index (χ0) is 18.1. The molecule has 3 aromatic rings. The number of hydrogen-bond acceptors (Lipinski definition) is 4. The van der Waals surface area contributed by atoms with Crippen molar-refractivity contribution in [3.63, 3.8) is 0 Å². The van der Waals surface area contributed by atoms with Crippen molar-refractivity contribution in [3.8, 4) is 5.75 Å². The molecule has 0 atom stereocenters. The summed E-state index contributed by atoms with van der Waals surface area (Å²) in [6.07, 6.45) is 0. The highest BCUT2D eigenvalue weighted by atomic mass is 79.9. The highest BCUT2D eigenvalue weighted by Gasteiger charge is 2.17. The molecule has 8 heteroatoms. The van der Waals surface area contributed by atoms with E-state index in [4.69, 9.17) is 32.4 Å². The Bertz CT molecular complexity index is 1030. The minimum atomic E-state index is -0.779. The Hall–Kier alpha value is -2.02. The van der Waals surface area contributed by atoms with Gasteiger partial charge < -0.3 is 14.5 Å². The summed E-state index contributed by atoms with van der Waals surface area (Å²) in [5.74, 6) is -0.247. The Morgan fingerprint density at radius 1 is 1.12 bits per heavy atom. The molecule has 0 unspecified atom stereocenters. The number of carbonyl (C=O) groups excluding carboxylic acids is 1. The fourth-order valence-corrected chi connectivity index (χ4v) is 3.28. The number of hydrogen-bond donors (Lipinski definition) is 1. The van der Waals surface area contributed by atoms with E-state index in [1.807, 2.05) is 0 Å². The van der Waals surface area contributed by atoms with Crippen LogP contribution in [0.2, 0.25) is 10.0 Å². The van der Waals surface area contributed by atoms with E-state index >= 15 is 0 Å². The standard InChI is InChI=1S/C17H10BrCl2NO4/c1-24-14-4-9(18)2-8-3-13(17(23)25-15(8)14)16(22)21-12-6-10(19)5-11(20)7-12/h2-7H,1H3,(H,21,22). The summed E-state index contributed by atoms with van der Waals surface area (Å²) in [6.45, 7) is 0. The van der Waals surface area contributed by atoms with Crippen molar-refractivity contribution in [3.05, 3.63) is 66.9 Å². The first-order chi connectivity index (χ1) is 11.9. The Morgan fingerprint density at radius 2 is 1.80 bits per heavy atom. The first kappa shape index (κ1) is 17.8. The molecular weight excluding hydrogens is 433 g/mol. The summed E-state index contributed by atoms with van der Waals surface area (Å²) in [5, 5.41) is 3.85. The third-order valence-electron chi connectivity index (χ3n) is 3.35. The topological polar surface area (TPSA) is 68.5 Å². The highest BCUT2D eigenvalue weighted by molar-refractivity contribution is 9.10. The number of nitrogens with one attached hydrogen (secondary N) is 1. The van der Waals surface area contributed by atoms with Crippen LogP contribution in [0, 0.1) is 0 Å². The maximum Gasteiger partial charge on any atom is 0.349 e. The van der Waals surface area contributed by atoms with Gasteiger partial charge in [0, 0.05) is 25.6 Å². The van der Waals surface area contributed by atoms with Crippen molar-refractivity contribution in [2.45, 2.75) is 0 Å². The van der Waals surface area contributed by atoms with Gasteiger partial charge in [0.15, 0.2) is 11.3 Å². The maximum absolute atomic E-state index is 12.4. The van der Waals surface area contributed by atoms with Gasteiger partial charge in [-0.15, -0.1) is 0 Å². The zero-order valence-electron chi connectivity index (χ0n) is 12.7. The number of fused-ring (bicyclic) bond motifs is 1. The van der Waals surface area contributed by atoms with Crippen LogP contribution >= 0.6 is 39.1 Å². The lowest BCUT2D eigenvalue weighted by Crippen LogP contribution is -2.20. The minimum Gasteiger partial charge on any atom is -0.493 e. The molecule has 0 aliphatic rings. The van der Waals surface area contributed by atoms with Gasteiger partial charge in [-0.3, -0.25) is 4.79 Å². The number of amides is 1. The molecule has 0 spiro atoms. The molecular formula is C17H10BrCl2NO4. The van der Waals surface area contributed by atoms with Gasteiger partial charge in [-0.25, -0.2) is 4.79 Å². The fraction of sp³-hybridized carbons (Fsp3) is 0.0588. The number of ether oxygens (including phenoxy) is 1. The number of halogens is 3. The second-order valence-corrected chi connectivity index (χ2v) is 6.87. The zero-order valence-corrected chi connectivity index (χ0v) is 15.8. The van der Waals surface area contributed by atoms with E-state index in [9.17, 15) is 9.59 Å². The van der Waals surface area contributed by atoms with Gasteiger partial charge in [-0.1, -0.05) is 39.1 Å². The molecule has 0 aliphatic heterocycles. The van der Waals surface area contributed by atoms with Gasteiger partial charge in [-0.05, 0) is 36.4 Å². The molecule has 25 heavy (non-hydrogen) atoms. The lowest BCUT2D eigenvalue weighted by molar-refractivity contribution is 0.102. The molecule has 1 heterocycles. The van der Waals surface area contributed by atoms with Crippen LogP contribution in [0.3, 0.4) is 0 Å². The number of rotatable bonds is 3. The van der Waals surface area contributed by atoms with Crippen LogP contribution in [0.15, 0.2) is 50.1 Å². The Kier molecular flexibility index (Phi) is 5.03. The molecule has 0 radical (unpaired) electrons. The molecule has 0 bridgehead atoms. The number of benzene rings is 2. The molecule has 1 aromatic heterocycles. The lowest BCUT2D eigenvalue weighted by Gasteiger charge is -2.08. The van der Waals surface area contributed by atoms with Gasteiger partial charge in [0.1, 0.15) is 5.56 Å². The van der Waals surface area contributed by atoms with Crippen molar-refractivity contribution in [1.29, 1.82) is 0 Å². The first-order valence-corrected chi connectivity index (χ1v) is 8.51. The average molecular weight is 443 g/mol. The summed E-state index contributed by atoms with van der Waals surface area (Å²) in [6, 6.07) is 9.40. The summed E-state index contributed by atoms with van der Waals surface area (Å²) >= 11 is 15.2. The van der Waals surface area contributed by atoms with E-state index in [-0.39, 0.29) is 11.1 Å². The molecule has 1 amide bonds. The van der Waals surface area contributed by atoms with Gasteiger partial charge in [0.2, 0.25) is 0 Å². The quantitative estimate of drug-likeness (QED) is 0.571. The van der Waals surface area contributed by atoms with E-state index in [2.05, 4.69) is 21.2 Å². The summed E-state index contributed by atoms with van der Waals surface area (Å²) in [5.41, 5.74) is -0.297. The molecule has 0 fully saturated rings. The summed E-state index contributed by atoms with van der Waals surface area (Å²) in [4.78, 5) is 24.6. The normalized spacial score (nSPS) is 10.7. The predicted molar refractivity (Wildman–Crippen MR) is 101 cm³/mol. The second kappa shape index (κ2) is 7.07. The fourth-order valence-electron chi connectivity index (χ4n) is 2.30. The molecule has 5 nitrogen and oxygen atoms in total. The van der Waals surface area contributed by atoms with E-state index < -0.39 is 11.5 Å². The van der Waals surface area contributed by atoms with E-state index in [0.717, 1.165) is 4.47 Å². The smallest absolute Gasteiger partial charge is 0.349 e. The predicted octanol–water partition coefficient (Wildman–Crippen LogP) is 5.12. The van der Waals surface area contributed by atoms with Crippen LogP contribution in [-0.4, -0.2) is 13.0 Å². The largest absolute Gasteiger partial charge is 0.493 e. The van der Waals surface area contributed by atoms with E-state index in [1.54, 1.807) is 12.1 Å². The Labute approximate surface area is 160 Å². The average Bonchev–Trinajstić information content (AvgIpc) is 2.52. The van der Waals surface area contributed by atoms with Crippen LogP contribution in [0.1, 0.15) is 10.4 Å². The monoisotopic (exact) mass is 441 g/mol. The van der Waals surface area contributed by atoms with Crippen molar-refractivity contribution in [1.82, 2.24) is 0 Å². The molecule has 1 N–H and O–H groups in total. The van der Waals surface area contributed by atoms with Crippen molar-refractivity contribution in [2.24, 2.45) is 0 Å². The first-order valence-electron chi connectivity index (χ1n) is 6.96. The van der Waals surface area contributed by atoms with Crippen molar-refractivity contribution >= 4 is 61.7 Å². The van der Waals surface area contributed by atoms with Crippen LogP contribution in [0.25, 0.3) is 11.0 Å². The van der Waals surface area contributed by atoms with Crippen LogP contribution in [0.5, 0.6) is 5.75 Å². The Balaban J connectivity index is 2.04.